The first-order chi connectivity index (χ1) is 14.3. The molecule has 7 nitrogen and oxygen atoms in total. The molecule has 1 atom stereocenters. The minimum absolute atomic E-state index is 0.0151. The van der Waals surface area contributed by atoms with Crippen molar-refractivity contribution in [1.29, 1.82) is 0 Å². The van der Waals surface area contributed by atoms with Gasteiger partial charge in [0.15, 0.2) is 9.84 Å². The van der Waals surface area contributed by atoms with E-state index in [0.717, 1.165) is 0 Å². The van der Waals surface area contributed by atoms with Crippen LogP contribution in [0.1, 0.15) is 43.8 Å². The predicted octanol–water partition coefficient (Wildman–Crippen LogP) is 1.74. The first kappa shape index (κ1) is 14.3. The third-order valence-corrected chi connectivity index (χ3v) is 6.32. The van der Waals surface area contributed by atoms with E-state index in [2.05, 4.69) is 10.6 Å². The molecule has 2 rings (SSSR count). The lowest BCUT2D eigenvalue weighted by Gasteiger charge is -2.23. The van der Waals surface area contributed by atoms with Gasteiger partial charge < -0.3 is 15.4 Å². The maximum Gasteiger partial charge on any atom is 0.255 e. The van der Waals surface area contributed by atoms with Gasteiger partial charge in [-0.15, -0.1) is 0 Å². The van der Waals surface area contributed by atoms with Gasteiger partial charge in [0.1, 0.15) is 5.75 Å². The van der Waals surface area contributed by atoms with Gasteiger partial charge in [0, 0.05) is 32.6 Å². The van der Waals surface area contributed by atoms with E-state index in [1.807, 2.05) is 0 Å². The highest BCUT2D eigenvalue weighted by molar-refractivity contribution is 7.91. The minimum Gasteiger partial charge on any atom is -0.496 e. The van der Waals surface area contributed by atoms with Crippen molar-refractivity contribution in [3.8, 4) is 5.75 Å². The molecule has 1 saturated heterocycles. The summed E-state index contributed by atoms with van der Waals surface area (Å²) in [6, 6.07) is 2.19. The van der Waals surface area contributed by atoms with Gasteiger partial charge in [-0.05, 0) is 31.9 Å². The number of benzene rings is 1. The van der Waals surface area contributed by atoms with Crippen LogP contribution in [0.15, 0.2) is 17.0 Å². The van der Waals surface area contributed by atoms with Gasteiger partial charge in [-0.2, -0.15) is 0 Å². The number of ether oxygens (including phenoxy) is 1. The van der Waals surface area contributed by atoms with E-state index in [-0.39, 0.29) is 35.1 Å². The molecule has 0 unspecified atom stereocenters. The molecule has 0 saturated carbocycles. The number of carbonyl (C=O) groups excluding carboxylic acids is 1. The Morgan fingerprint density at radius 3 is 2.88 bits per heavy atom. The van der Waals surface area contributed by atoms with Gasteiger partial charge in [0.25, 0.3) is 5.91 Å². The third kappa shape index (κ3) is 4.29. The Morgan fingerprint density at radius 1 is 1.50 bits per heavy atom. The van der Waals surface area contributed by atoms with Crippen LogP contribution in [0.4, 0.5) is 5.69 Å². The number of likely N-dealkylation sites (N-methyl/N-ethyl adjacent to an activating group) is 1. The minimum atomic E-state index is -3.62. The van der Waals surface area contributed by atoms with E-state index in [0.29, 0.717) is 18.5 Å². The van der Waals surface area contributed by atoms with Crippen molar-refractivity contribution in [2.75, 3.05) is 44.8 Å². The zero-order valence-electron chi connectivity index (χ0n) is 20.3. The highest BCUT2D eigenvalue weighted by Crippen LogP contribution is 2.31. The number of nitrogens with zero attached hydrogens (tertiary/aromatic N) is 1. The molecular formula is C18H29N3O4S. The van der Waals surface area contributed by atoms with Crippen LogP contribution in [0.25, 0.3) is 0 Å². The number of carbonyl (C=O) groups is 1. The molecule has 1 aliphatic rings. The van der Waals surface area contributed by atoms with Gasteiger partial charge in [0.2, 0.25) is 0 Å². The lowest BCUT2D eigenvalue weighted by atomic mass is 10.1. The molecule has 2 N–H and O–H groups in total. The zero-order valence-corrected chi connectivity index (χ0v) is 16.1. The fourth-order valence-corrected chi connectivity index (χ4v) is 4.12. The van der Waals surface area contributed by atoms with Crippen LogP contribution in [0.2, 0.25) is 0 Å². The van der Waals surface area contributed by atoms with E-state index in [1.54, 1.807) is 7.05 Å². The summed E-state index contributed by atoms with van der Waals surface area (Å²) >= 11 is 0. The Labute approximate surface area is 163 Å². The number of methoxy groups -OCH3 is 1. The van der Waals surface area contributed by atoms with Crippen LogP contribution < -0.4 is 15.4 Å². The molecule has 0 aliphatic carbocycles. The fourth-order valence-electron chi connectivity index (χ4n) is 3.02. The summed E-state index contributed by atoms with van der Waals surface area (Å²) < 4.78 is 68.6. The van der Waals surface area contributed by atoms with Crippen molar-refractivity contribution in [3.05, 3.63) is 17.7 Å². The van der Waals surface area contributed by atoms with Gasteiger partial charge in [-0.1, -0.05) is 13.8 Å². The molecule has 0 aromatic heterocycles. The SMILES string of the molecule is [2H]C([2H])([2H])C([2H])([2H])N1CCC[C@@H]1CNC(=O)c1cc(S(=O)(=O)CC)c(NC)cc1OC. The van der Waals surface area contributed by atoms with E-state index in [9.17, 15) is 13.2 Å². The highest BCUT2D eigenvalue weighted by Gasteiger charge is 2.26. The Hall–Kier alpha value is -1.80. The second-order valence-corrected chi connectivity index (χ2v) is 8.26. The quantitative estimate of drug-likeness (QED) is 0.705. The molecule has 1 amide bonds. The summed E-state index contributed by atoms with van der Waals surface area (Å²) in [5.74, 6) is -0.553. The van der Waals surface area contributed by atoms with Crippen LogP contribution in [0.5, 0.6) is 5.75 Å². The summed E-state index contributed by atoms with van der Waals surface area (Å²) in [5, 5.41) is 5.47. The summed E-state index contributed by atoms with van der Waals surface area (Å²) in [6.07, 6.45) is 1.14. The van der Waals surface area contributed by atoms with Gasteiger partial charge >= 0.3 is 0 Å². The number of rotatable bonds is 8. The lowest BCUT2D eigenvalue weighted by molar-refractivity contribution is 0.0938. The molecule has 1 aromatic rings. The summed E-state index contributed by atoms with van der Waals surface area (Å²) in [5.41, 5.74) is 0.333. The number of nitrogens with one attached hydrogen (secondary N) is 2. The fraction of sp³-hybridized carbons (Fsp3) is 0.611. The van der Waals surface area contributed by atoms with E-state index in [4.69, 9.17) is 11.6 Å². The monoisotopic (exact) mass is 388 g/mol. The van der Waals surface area contributed by atoms with Gasteiger partial charge in [-0.3, -0.25) is 9.69 Å². The van der Waals surface area contributed by atoms with Crippen LogP contribution in [0.3, 0.4) is 0 Å². The lowest BCUT2D eigenvalue weighted by Crippen LogP contribution is -2.40. The van der Waals surface area contributed by atoms with Gasteiger partial charge in [-0.25, -0.2) is 8.42 Å². The summed E-state index contributed by atoms with van der Waals surface area (Å²) in [7, 11) is -0.685. The van der Waals surface area contributed by atoms with Crippen LogP contribution in [-0.4, -0.2) is 64.8 Å². The molecule has 26 heavy (non-hydrogen) atoms. The molecule has 0 spiro atoms. The molecular weight excluding hydrogens is 354 g/mol. The smallest absolute Gasteiger partial charge is 0.255 e. The second-order valence-electron chi connectivity index (χ2n) is 6.01. The Kier molecular flexibility index (Phi) is 4.79. The Bertz CT molecular complexity index is 922. The summed E-state index contributed by atoms with van der Waals surface area (Å²) in [6.45, 7) is -3.55. The van der Waals surface area contributed by atoms with Crippen molar-refractivity contribution < 1.29 is 24.8 Å². The molecule has 1 fully saturated rings. The molecule has 1 heterocycles. The molecule has 0 bridgehead atoms. The van der Waals surface area contributed by atoms with Crippen LogP contribution >= 0.6 is 0 Å². The predicted molar refractivity (Wildman–Crippen MR) is 103 cm³/mol. The van der Waals surface area contributed by atoms with Crippen molar-refractivity contribution in [3.63, 3.8) is 0 Å². The molecule has 1 aromatic carbocycles. The van der Waals surface area contributed by atoms with Crippen molar-refractivity contribution in [2.24, 2.45) is 0 Å². The third-order valence-electron chi connectivity index (χ3n) is 4.55. The Morgan fingerprint density at radius 2 is 2.27 bits per heavy atom. The number of sulfone groups is 1. The number of anilines is 1. The number of hydrogen-bond acceptors (Lipinski definition) is 6. The number of amides is 1. The molecule has 146 valence electrons. The number of hydrogen-bond donors (Lipinski definition) is 2. The van der Waals surface area contributed by atoms with Crippen LogP contribution in [-0.2, 0) is 9.84 Å². The number of likely N-dealkylation sites (tertiary alicyclic amines) is 1. The molecule has 8 heteroatoms. The average molecular weight is 389 g/mol. The van der Waals surface area contributed by atoms with Gasteiger partial charge in [0.05, 0.1) is 29.0 Å². The largest absolute Gasteiger partial charge is 0.496 e. The second kappa shape index (κ2) is 8.73. The average Bonchev–Trinajstić information content (AvgIpc) is 3.19. The first-order valence-corrected chi connectivity index (χ1v) is 10.1. The summed E-state index contributed by atoms with van der Waals surface area (Å²) in [4.78, 5) is 14.1. The van der Waals surface area contributed by atoms with Crippen LogP contribution in [0, 0.1) is 0 Å². The van der Waals surface area contributed by atoms with Crippen molar-refractivity contribution >= 4 is 21.4 Å². The Balaban J connectivity index is 2.28. The standard InChI is InChI=1S/C18H29N3O4S/c1-5-21-9-7-8-13(21)12-20-18(22)14-10-17(26(23,24)6-2)15(19-3)11-16(14)25-4/h10-11,13,19H,5-9,12H2,1-4H3,(H,20,22)/t13-/m1/s1/i1D3,5D2. The first-order valence-electron chi connectivity index (χ1n) is 11.0. The maximum atomic E-state index is 12.9. The molecule has 0 radical (unpaired) electrons. The van der Waals surface area contributed by atoms with E-state index < -0.39 is 35.1 Å². The topological polar surface area (TPSA) is 87.7 Å². The van der Waals surface area contributed by atoms with E-state index >= 15 is 0 Å². The highest BCUT2D eigenvalue weighted by atomic mass is 32.2. The zero-order chi connectivity index (χ0) is 23.6. The van der Waals surface area contributed by atoms with Crippen molar-refractivity contribution in [1.82, 2.24) is 10.2 Å². The normalized spacial score (nSPS) is 21.8. The van der Waals surface area contributed by atoms with Crippen molar-refractivity contribution in [2.45, 2.75) is 37.6 Å². The van der Waals surface area contributed by atoms with E-state index in [1.165, 1.54) is 31.1 Å². The molecule has 1 aliphatic heterocycles. The maximum absolute atomic E-state index is 12.9.